The van der Waals surface area contributed by atoms with E-state index in [-0.39, 0.29) is 0 Å². The number of benzene rings is 1. The number of anilines is 2. The second-order valence-electron chi connectivity index (χ2n) is 4.34. The summed E-state index contributed by atoms with van der Waals surface area (Å²) in [6, 6.07) is 9.49. The number of nitrogen functional groups attached to an aromatic ring is 1. The van der Waals surface area contributed by atoms with Gasteiger partial charge in [0.1, 0.15) is 5.82 Å². The second-order valence-corrected chi connectivity index (χ2v) is 4.34. The van der Waals surface area contributed by atoms with Gasteiger partial charge in [0.15, 0.2) is 11.5 Å². The smallest absolute Gasteiger partial charge is 0.160 e. The highest BCUT2D eigenvalue weighted by molar-refractivity contribution is 5.48. The molecular weight excluding hydrogens is 254 g/mol. The van der Waals surface area contributed by atoms with Crippen molar-refractivity contribution in [3.05, 3.63) is 42.1 Å². The van der Waals surface area contributed by atoms with Crippen molar-refractivity contribution in [1.82, 2.24) is 4.98 Å². The molecule has 2 rings (SSSR count). The first-order valence-corrected chi connectivity index (χ1v) is 6.39. The van der Waals surface area contributed by atoms with Gasteiger partial charge in [0.2, 0.25) is 0 Å². The Morgan fingerprint density at radius 2 is 1.90 bits per heavy atom. The van der Waals surface area contributed by atoms with E-state index in [9.17, 15) is 0 Å². The largest absolute Gasteiger partial charge is 0.493 e. The van der Waals surface area contributed by atoms with Gasteiger partial charge >= 0.3 is 0 Å². The van der Waals surface area contributed by atoms with Crippen LogP contribution in [0.4, 0.5) is 11.5 Å². The van der Waals surface area contributed by atoms with Gasteiger partial charge < -0.3 is 20.5 Å². The molecule has 0 radical (unpaired) electrons. The topological polar surface area (TPSA) is 69.4 Å². The van der Waals surface area contributed by atoms with Crippen molar-refractivity contribution in [2.24, 2.45) is 0 Å². The molecule has 106 valence electrons. The number of hydrogen-bond acceptors (Lipinski definition) is 5. The fourth-order valence-corrected chi connectivity index (χ4v) is 1.91. The van der Waals surface area contributed by atoms with Gasteiger partial charge in [-0.3, -0.25) is 0 Å². The van der Waals surface area contributed by atoms with Gasteiger partial charge in [-0.05, 0) is 30.2 Å². The molecule has 1 aromatic carbocycles. The third kappa shape index (κ3) is 3.54. The fraction of sp³-hybridized carbons (Fsp3) is 0.267. The lowest BCUT2D eigenvalue weighted by Gasteiger charge is -2.10. The van der Waals surface area contributed by atoms with Crippen LogP contribution in [0, 0.1) is 0 Å². The van der Waals surface area contributed by atoms with Gasteiger partial charge in [-0.15, -0.1) is 0 Å². The summed E-state index contributed by atoms with van der Waals surface area (Å²) in [6.45, 7) is 0.770. The highest BCUT2D eigenvalue weighted by Crippen LogP contribution is 2.27. The van der Waals surface area contributed by atoms with Crippen LogP contribution in [0.3, 0.4) is 0 Å². The Balaban J connectivity index is 1.94. The maximum Gasteiger partial charge on any atom is 0.160 e. The third-order valence-corrected chi connectivity index (χ3v) is 2.95. The van der Waals surface area contributed by atoms with E-state index in [0.29, 0.717) is 5.69 Å². The third-order valence-electron chi connectivity index (χ3n) is 2.95. The van der Waals surface area contributed by atoms with Gasteiger partial charge in [0.05, 0.1) is 14.2 Å². The summed E-state index contributed by atoms with van der Waals surface area (Å²) in [6.07, 6.45) is 2.55. The average molecular weight is 273 g/mol. The normalized spacial score (nSPS) is 10.1. The second kappa shape index (κ2) is 6.65. The number of aromatic nitrogens is 1. The van der Waals surface area contributed by atoms with Crippen molar-refractivity contribution in [1.29, 1.82) is 0 Å². The van der Waals surface area contributed by atoms with E-state index in [4.69, 9.17) is 15.2 Å². The lowest BCUT2D eigenvalue weighted by Crippen LogP contribution is -2.06. The lowest BCUT2D eigenvalue weighted by atomic mass is 10.1. The molecule has 0 saturated heterocycles. The minimum atomic E-state index is 0.702. The molecule has 0 bridgehead atoms. The van der Waals surface area contributed by atoms with Crippen LogP contribution < -0.4 is 20.5 Å². The maximum atomic E-state index is 5.70. The van der Waals surface area contributed by atoms with Crippen molar-refractivity contribution < 1.29 is 9.47 Å². The fourth-order valence-electron chi connectivity index (χ4n) is 1.91. The predicted octanol–water partition coefficient (Wildman–Crippen LogP) is 2.34. The van der Waals surface area contributed by atoms with Gasteiger partial charge in [0.25, 0.3) is 0 Å². The van der Waals surface area contributed by atoms with E-state index in [1.54, 1.807) is 26.5 Å². The van der Waals surface area contributed by atoms with Crippen LogP contribution in [0.25, 0.3) is 0 Å². The highest BCUT2D eigenvalue weighted by atomic mass is 16.5. The lowest BCUT2D eigenvalue weighted by molar-refractivity contribution is 0.354. The zero-order chi connectivity index (χ0) is 14.4. The molecule has 0 aliphatic rings. The van der Waals surface area contributed by atoms with Crippen molar-refractivity contribution in [2.75, 3.05) is 31.8 Å². The first-order valence-electron chi connectivity index (χ1n) is 6.39. The van der Waals surface area contributed by atoms with Crippen LogP contribution in [0.5, 0.6) is 11.5 Å². The van der Waals surface area contributed by atoms with E-state index in [1.807, 2.05) is 24.3 Å². The Labute approximate surface area is 118 Å². The molecule has 20 heavy (non-hydrogen) atoms. The molecule has 1 heterocycles. The van der Waals surface area contributed by atoms with Gasteiger partial charge in [-0.2, -0.15) is 0 Å². The summed E-state index contributed by atoms with van der Waals surface area (Å²) in [7, 11) is 3.26. The van der Waals surface area contributed by atoms with E-state index in [1.165, 1.54) is 5.56 Å². The van der Waals surface area contributed by atoms with Gasteiger partial charge in [-0.1, -0.05) is 6.07 Å². The van der Waals surface area contributed by atoms with Crippen LogP contribution in [0.15, 0.2) is 36.5 Å². The number of nitrogens with two attached hydrogens (primary N) is 1. The van der Waals surface area contributed by atoms with Crippen LogP contribution in [-0.4, -0.2) is 25.7 Å². The minimum Gasteiger partial charge on any atom is -0.493 e. The van der Waals surface area contributed by atoms with E-state index in [2.05, 4.69) is 10.3 Å². The Kier molecular flexibility index (Phi) is 4.65. The number of methoxy groups -OCH3 is 2. The summed E-state index contributed by atoms with van der Waals surface area (Å²) in [5.74, 6) is 2.26. The van der Waals surface area contributed by atoms with Gasteiger partial charge in [-0.25, -0.2) is 4.98 Å². The molecule has 0 spiro atoms. The molecular formula is C15H19N3O2. The Morgan fingerprint density at radius 1 is 1.10 bits per heavy atom. The number of nitrogens with zero attached hydrogens (tertiary/aromatic N) is 1. The van der Waals surface area contributed by atoms with Crippen LogP contribution in [0.1, 0.15) is 5.56 Å². The summed E-state index contributed by atoms with van der Waals surface area (Å²) in [5, 5.41) is 3.24. The van der Waals surface area contributed by atoms with Gasteiger partial charge in [0, 0.05) is 24.5 Å². The first-order chi connectivity index (χ1) is 9.72. The first kappa shape index (κ1) is 14.0. The number of nitrogens with one attached hydrogen (secondary N) is 1. The SMILES string of the molecule is COc1ccc(CCNc2cc(N)ccn2)cc1OC. The molecule has 1 aromatic heterocycles. The quantitative estimate of drug-likeness (QED) is 0.845. The van der Waals surface area contributed by atoms with Crippen molar-refractivity contribution >= 4 is 11.5 Å². The number of ether oxygens (including phenoxy) is 2. The summed E-state index contributed by atoms with van der Waals surface area (Å²) < 4.78 is 10.5. The monoisotopic (exact) mass is 273 g/mol. The van der Waals surface area contributed by atoms with E-state index < -0.39 is 0 Å². The molecule has 0 aliphatic heterocycles. The zero-order valence-electron chi connectivity index (χ0n) is 11.7. The van der Waals surface area contributed by atoms with Crippen LogP contribution >= 0.6 is 0 Å². The van der Waals surface area contributed by atoms with Crippen molar-refractivity contribution in [2.45, 2.75) is 6.42 Å². The Bertz CT molecular complexity index is 573. The number of hydrogen-bond donors (Lipinski definition) is 2. The van der Waals surface area contributed by atoms with Crippen LogP contribution in [-0.2, 0) is 6.42 Å². The zero-order valence-corrected chi connectivity index (χ0v) is 11.7. The van der Waals surface area contributed by atoms with Crippen molar-refractivity contribution in [3.63, 3.8) is 0 Å². The summed E-state index contributed by atoms with van der Waals surface area (Å²) >= 11 is 0. The molecule has 0 amide bonds. The number of rotatable bonds is 6. The Morgan fingerprint density at radius 3 is 2.60 bits per heavy atom. The number of pyridine rings is 1. The van der Waals surface area contributed by atoms with E-state index in [0.717, 1.165) is 30.3 Å². The average Bonchev–Trinajstić information content (AvgIpc) is 2.47. The highest BCUT2D eigenvalue weighted by Gasteiger charge is 2.04. The van der Waals surface area contributed by atoms with E-state index >= 15 is 0 Å². The maximum absolute atomic E-state index is 5.70. The molecule has 0 unspecified atom stereocenters. The molecule has 2 aromatic rings. The molecule has 5 nitrogen and oxygen atoms in total. The summed E-state index contributed by atoms with van der Waals surface area (Å²) in [4.78, 5) is 4.20. The molecule has 5 heteroatoms. The molecule has 0 saturated carbocycles. The standard InChI is InChI=1S/C15H19N3O2/c1-19-13-4-3-11(9-14(13)20-2)5-7-17-15-10-12(16)6-8-18-15/h3-4,6,8-10H,5,7H2,1-2H3,(H3,16,17,18). The molecule has 0 aliphatic carbocycles. The molecule has 0 fully saturated rings. The predicted molar refractivity (Wildman–Crippen MR) is 80.4 cm³/mol. The summed E-state index contributed by atoms with van der Waals surface area (Å²) in [5.41, 5.74) is 7.57. The van der Waals surface area contributed by atoms with Crippen molar-refractivity contribution in [3.8, 4) is 11.5 Å². The van der Waals surface area contributed by atoms with Crippen LogP contribution in [0.2, 0.25) is 0 Å². The molecule has 3 N–H and O–H groups in total. The molecule has 0 atom stereocenters. The Hall–Kier alpha value is -2.43. The minimum absolute atomic E-state index is 0.702.